The summed E-state index contributed by atoms with van der Waals surface area (Å²) in [7, 11) is 0. The van der Waals surface area contributed by atoms with E-state index in [1.807, 2.05) is 47.7 Å². The third-order valence-corrected chi connectivity index (χ3v) is 7.47. The number of nitrogens with zero attached hydrogens (tertiary/aromatic N) is 4. The van der Waals surface area contributed by atoms with Crippen molar-refractivity contribution in [2.75, 3.05) is 31.5 Å². The molecule has 8 heteroatoms. The molecule has 3 N–H and O–H groups in total. The van der Waals surface area contributed by atoms with Crippen LogP contribution in [0.2, 0.25) is 0 Å². The number of nitrogens with one attached hydrogen (secondary N) is 3. The molecular formula is C27H33N7O. The number of pyridine rings is 1. The molecule has 2 aromatic heterocycles. The molecule has 1 aliphatic carbocycles. The predicted octanol–water partition coefficient (Wildman–Crippen LogP) is 2.98. The number of piperidine rings is 1. The molecular weight excluding hydrogens is 438 g/mol. The van der Waals surface area contributed by atoms with Gasteiger partial charge in [-0.25, -0.2) is 4.68 Å². The van der Waals surface area contributed by atoms with E-state index in [-0.39, 0.29) is 5.91 Å². The fourth-order valence-electron chi connectivity index (χ4n) is 4.98. The molecule has 182 valence electrons. The molecule has 0 bridgehead atoms. The highest BCUT2D eigenvalue weighted by Crippen LogP contribution is 2.27. The van der Waals surface area contributed by atoms with Crippen LogP contribution in [0.25, 0.3) is 16.8 Å². The van der Waals surface area contributed by atoms with E-state index in [0.29, 0.717) is 17.6 Å². The molecule has 0 atom stereocenters. The number of amides is 1. The van der Waals surface area contributed by atoms with Crippen molar-refractivity contribution in [2.45, 2.75) is 50.7 Å². The minimum atomic E-state index is -0.000644. The van der Waals surface area contributed by atoms with Gasteiger partial charge in [0.05, 0.1) is 30.0 Å². The monoisotopic (exact) mass is 471 g/mol. The van der Waals surface area contributed by atoms with E-state index in [4.69, 9.17) is 0 Å². The smallest absolute Gasteiger partial charge is 0.251 e. The topological polar surface area (TPSA) is 87.1 Å². The van der Waals surface area contributed by atoms with Crippen LogP contribution in [0.5, 0.6) is 0 Å². The maximum absolute atomic E-state index is 12.5. The molecule has 4 heterocycles. The quantitative estimate of drug-likeness (QED) is 0.491. The van der Waals surface area contributed by atoms with E-state index >= 15 is 0 Å². The van der Waals surface area contributed by atoms with Crippen LogP contribution in [-0.2, 0) is 0 Å². The van der Waals surface area contributed by atoms with Crippen LogP contribution in [0.3, 0.4) is 0 Å². The largest absolute Gasteiger partial charge is 0.381 e. The van der Waals surface area contributed by atoms with Crippen molar-refractivity contribution in [3.05, 3.63) is 60.2 Å². The summed E-state index contributed by atoms with van der Waals surface area (Å²) < 4.78 is 1.86. The molecule has 0 spiro atoms. The van der Waals surface area contributed by atoms with Gasteiger partial charge in [-0.3, -0.25) is 14.7 Å². The predicted molar refractivity (Wildman–Crippen MR) is 137 cm³/mol. The highest BCUT2D eigenvalue weighted by molar-refractivity contribution is 5.96. The molecule has 8 nitrogen and oxygen atoms in total. The fraction of sp³-hybridized carbons (Fsp3) is 0.444. The summed E-state index contributed by atoms with van der Waals surface area (Å²) in [5.41, 5.74) is 5.76. The van der Waals surface area contributed by atoms with E-state index in [0.717, 1.165) is 86.0 Å². The summed E-state index contributed by atoms with van der Waals surface area (Å²) >= 11 is 0. The second kappa shape index (κ2) is 9.43. The molecule has 35 heavy (non-hydrogen) atoms. The molecule has 1 saturated carbocycles. The van der Waals surface area contributed by atoms with E-state index in [9.17, 15) is 4.79 Å². The third kappa shape index (κ3) is 4.94. The minimum Gasteiger partial charge on any atom is -0.381 e. The SMILES string of the molecule is Cc1ccc(C(=O)NC2CC2)cc1-c1cnn(-c2cncc(NC3CCN(C4CNC4)CC3)c2)c1. The van der Waals surface area contributed by atoms with Gasteiger partial charge in [0.25, 0.3) is 5.91 Å². The van der Waals surface area contributed by atoms with Crippen LogP contribution in [0.15, 0.2) is 49.1 Å². The van der Waals surface area contributed by atoms with Crippen molar-refractivity contribution in [1.29, 1.82) is 0 Å². The van der Waals surface area contributed by atoms with Crippen molar-refractivity contribution in [2.24, 2.45) is 0 Å². The molecule has 0 radical (unpaired) electrons. The number of carbonyl (C=O) groups excluding carboxylic acids is 1. The van der Waals surface area contributed by atoms with Gasteiger partial charge in [0.1, 0.15) is 0 Å². The molecule has 2 saturated heterocycles. The first-order chi connectivity index (χ1) is 17.1. The van der Waals surface area contributed by atoms with Crippen LogP contribution in [0, 0.1) is 6.92 Å². The van der Waals surface area contributed by atoms with E-state index < -0.39 is 0 Å². The Hall–Kier alpha value is -3.23. The lowest BCUT2D eigenvalue weighted by molar-refractivity contribution is 0.0951. The van der Waals surface area contributed by atoms with E-state index in [1.165, 1.54) is 0 Å². The number of likely N-dealkylation sites (tertiary alicyclic amines) is 1. The molecule has 1 amide bonds. The van der Waals surface area contributed by atoms with Crippen LogP contribution < -0.4 is 16.0 Å². The Kier molecular flexibility index (Phi) is 6.00. The first-order valence-corrected chi connectivity index (χ1v) is 12.8. The summed E-state index contributed by atoms with van der Waals surface area (Å²) in [4.78, 5) is 19.6. The summed E-state index contributed by atoms with van der Waals surface area (Å²) in [6.45, 7) is 6.63. The van der Waals surface area contributed by atoms with Gasteiger partial charge in [-0.05, 0) is 61.9 Å². The lowest BCUT2D eigenvalue weighted by Crippen LogP contribution is -2.59. The first-order valence-electron chi connectivity index (χ1n) is 12.8. The van der Waals surface area contributed by atoms with Gasteiger partial charge in [0.15, 0.2) is 0 Å². The average Bonchev–Trinajstić information content (AvgIpc) is 3.51. The van der Waals surface area contributed by atoms with E-state index in [2.05, 4.69) is 43.9 Å². The number of benzene rings is 1. The molecule has 3 aromatic rings. The fourth-order valence-corrected chi connectivity index (χ4v) is 4.98. The summed E-state index contributed by atoms with van der Waals surface area (Å²) in [5.74, 6) is -0.000644. The Labute approximate surface area is 206 Å². The summed E-state index contributed by atoms with van der Waals surface area (Å²) in [5, 5.41) is 14.7. The minimum absolute atomic E-state index is 0.000644. The Morgan fingerprint density at radius 3 is 2.60 bits per heavy atom. The van der Waals surface area contributed by atoms with Crippen LogP contribution in [-0.4, -0.2) is 69.9 Å². The number of rotatable bonds is 7. The molecule has 0 unspecified atom stereocenters. The normalized spacial score (nSPS) is 19.3. The van der Waals surface area contributed by atoms with Crippen molar-refractivity contribution < 1.29 is 4.79 Å². The molecule has 6 rings (SSSR count). The van der Waals surface area contributed by atoms with Gasteiger partial charge in [-0.1, -0.05) is 6.07 Å². The second-order valence-electron chi connectivity index (χ2n) is 10.1. The Morgan fingerprint density at radius 2 is 1.86 bits per heavy atom. The van der Waals surface area contributed by atoms with Gasteiger partial charge >= 0.3 is 0 Å². The number of hydrogen-bond donors (Lipinski definition) is 3. The van der Waals surface area contributed by atoms with Crippen molar-refractivity contribution >= 4 is 11.6 Å². The number of carbonyl (C=O) groups is 1. The highest BCUT2D eigenvalue weighted by Gasteiger charge is 2.28. The number of aromatic nitrogens is 3. The average molecular weight is 472 g/mol. The zero-order valence-corrected chi connectivity index (χ0v) is 20.2. The van der Waals surface area contributed by atoms with Crippen LogP contribution in [0.1, 0.15) is 41.6 Å². The van der Waals surface area contributed by atoms with E-state index in [1.54, 1.807) is 0 Å². The second-order valence-corrected chi connectivity index (χ2v) is 10.1. The zero-order valence-electron chi connectivity index (χ0n) is 20.2. The Morgan fingerprint density at radius 1 is 1.03 bits per heavy atom. The van der Waals surface area contributed by atoms with Gasteiger partial charge < -0.3 is 16.0 Å². The Bertz CT molecular complexity index is 1210. The highest BCUT2D eigenvalue weighted by atomic mass is 16.1. The Balaban J connectivity index is 1.14. The molecule has 2 aliphatic heterocycles. The van der Waals surface area contributed by atoms with Crippen LogP contribution >= 0.6 is 0 Å². The van der Waals surface area contributed by atoms with Crippen molar-refractivity contribution in [1.82, 2.24) is 30.3 Å². The first kappa shape index (κ1) is 22.2. The maximum Gasteiger partial charge on any atom is 0.251 e. The number of aryl methyl sites for hydroxylation is 1. The standard InChI is InChI=1S/C27H33N7O/c1-18-2-3-19(27(35)32-21-4-5-21)10-26(18)20-12-30-34(17-20)24-11-23(13-28-14-24)31-22-6-8-33(9-7-22)25-15-29-16-25/h2-3,10-14,17,21-22,25,29,31H,4-9,15-16H2,1H3,(H,32,35). The van der Waals surface area contributed by atoms with Crippen molar-refractivity contribution in [3.8, 4) is 16.8 Å². The summed E-state index contributed by atoms with van der Waals surface area (Å²) in [6.07, 6.45) is 12.1. The summed E-state index contributed by atoms with van der Waals surface area (Å²) in [6, 6.07) is 9.52. The van der Waals surface area contributed by atoms with Gasteiger partial charge in [0.2, 0.25) is 0 Å². The lowest BCUT2D eigenvalue weighted by atomic mass is 10.00. The van der Waals surface area contributed by atoms with Crippen molar-refractivity contribution in [3.63, 3.8) is 0 Å². The third-order valence-electron chi connectivity index (χ3n) is 7.47. The van der Waals surface area contributed by atoms with Crippen LogP contribution in [0.4, 0.5) is 5.69 Å². The van der Waals surface area contributed by atoms with Gasteiger partial charge in [0, 0.05) is 61.6 Å². The van der Waals surface area contributed by atoms with Gasteiger partial charge in [-0.15, -0.1) is 0 Å². The molecule has 1 aromatic carbocycles. The van der Waals surface area contributed by atoms with Gasteiger partial charge in [-0.2, -0.15) is 5.10 Å². The molecule has 3 fully saturated rings. The number of anilines is 1. The molecule has 3 aliphatic rings. The maximum atomic E-state index is 12.5. The zero-order chi connectivity index (χ0) is 23.8. The lowest BCUT2D eigenvalue weighted by Gasteiger charge is -2.42. The number of hydrogen-bond acceptors (Lipinski definition) is 6.